The number of amides is 2. The van der Waals surface area contributed by atoms with Crippen LogP contribution in [0.25, 0.3) is 0 Å². The summed E-state index contributed by atoms with van der Waals surface area (Å²) in [5.74, 6) is 0.306. The van der Waals surface area contributed by atoms with Gasteiger partial charge in [0.1, 0.15) is 11.8 Å². The fourth-order valence-electron chi connectivity index (χ4n) is 3.37. The highest BCUT2D eigenvalue weighted by atomic mass is 79.9. The maximum Gasteiger partial charge on any atom is 0.261 e. The fraction of sp³-hybridized carbons (Fsp3) is 0.440. The Hall–Kier alpha value is -2.34. The van der Waals surface area contributed by atoms with E-state index in [-0.39, 0.29) is 18.4 Å². The zero-order valence-corrected chi connectivity index (χ0v) is 20.5. The van der Waals surface area contributed by atoms with Crippen molar-refractivity contribution in [2.45, 2.75) is 59.5 Å². The van der Waals surface area contributed by atoms with E-state index < -0.39 is 6.04 Å². The topological polar surface area (TPSA) is 58.6 Å². The lowest BCUT2D eigenvalue weighted by Gasteiger charge is -2.30. The smallest absolute Gasteiger partial charge is 0.261 e. The molecular weight excluding hydrogens is 456 g/mol. The molecule has 0 aliphatic carbocycles. The van der Waals surface area contributed by atoms with Gasteiger partial charge in [0.2, 0.25) is 5.91 Å². The van der Waals surface area contributed by atoms with Crippen LogP contribution in [0.4, 0.5) is 0 Å². The lowest BCUT2D eigenvalue weighted by Crippen LogP contribution is -2.50. The minimum Gasteiger partial charge on any atom is -0.484 e. The van der Waals surface area contributed by atoms with Crippen molar-refractivity contribution in [3.05, 3.63) is 63.6 Å². The van der Waals surface area contributed by atoms with Crippen LogP contribution >= 0.6 is 15.9 Å². The number of unbranched alkanes of at least 4 members (excludes halogenated alkanes) is 1. The molecule has 168 valence electrons. The standard InChI is InChI=1S/C25H33BrN2O3/c1-5-7-13-27-25(30)23(6-2)28(16-20-10-8-9-18(3)14-20)24(29)17-31-21-11-12-22(26)19(4)15-21/h8-12,14-15,23H,5-7,13,16-17H2,1-4H3,(H,27,30)/t23-/m1/s1. The van der Waals surface area contributed by atoms with Crippen molar-refractivity contribution in [3.8, 4) is 5.75 Å². The Morgan fingerprint density at radius 3 is 2.55 bits per heavy atom. The highest BCUT2D eigenvalue weighted by molar-refractivity contribution is 9.10. The summed E-state index contributed by atoms with van der Waals surface area (Å²) in [7, 11) is 0. The minimum absolute atomic E-state index is 0.114. The van der Waals surface area contributed by atoms with Crippen LogP contribution in [-0.4, -0.2) is 35.9 Å². The molecular formula is C25H33BrN2O3. The van der Waals surface area contributed by atoms with Gasteiger partial charge < -0.3 is 15.0 Å². The fourth-order valence-corrected chi connectivity index (χ4v) is 3.61. The molecule has 2 rings (SSSR count). The number of carbonyl (C=O) groups excluding carboxylic acids is 2. The predicted octanol–water partition coefficient (Wildman–Crippen LogP) is 5.17. The van der Waals surface area contributed by atoms with Crippen LogP contribution in [0.2, 0.25) is 0 Å². The van der Waals surface area contributed by atoms with Gasteiger partial charge in [-0.25, -0.2) is 0 Å². The third-order valence-corrected chi connectivity index (χ3v) is 6.03. The van der Waals surface area contributed by atoms with Crippen molar-refractivity contribution >= 4 is 27.7 Å². The molecule has 1 atom stereocenters. The summed E-state index contributed by atoms with van der Waals surface area (Å²) in [5, 5.41) is 2.98. The van der Waals surface area contributed by atoms with E-state index in [1.807, 2.05) is 63.2 Å². The first-order valence-corrected chi connectivity index (χ1v) is 11.7. The molecule has 2 amide bonds. The van der Waals surface area contributed by atoms with E-state index in [0.717, 1.165) is 34.0 Å². The molecule has 0 bridgehead atoms. The Morgan fingerprint density at radius 2 is 1.90 bits per heavy atom. The Kier molecular flexibility index (Phi) is 10.0. The molecule has 31 heavy (non-hydrogen) atoms. The molecule has 0 aliphatic rings. The number of nitrogens with zero attached hydrogens (tertiary/aromatic N) is 1. The average Bonchev–Trinajstić information content (AvgIpc) is 2.74. The normalized spacial score (nSPS) is 11.6. The molecule has 2 aromatic carbocycles. The molecule has 6 heteroatoms. The summed E-state index contributed by atoms with van der Waals surface area (Å²) in [6.45, 7) is 8.86. The van der Waals surface area contributed by atoms with E-state index >= 15 is 0 Å². The van der Waals surface area contributed by atoms with Gasteiger partial charge in [0.15, 0.2) is 6.61 Å². The van der Waals surface area contributed by atoms with Crippen LogP contribution in [0, 0.1) is 13.8 Å². The molecule has 0 unspecified atom stereocenters. The van der Waals surface area contributed by atoms with E-state index in [4.69, 9.17) is 4.74 Å². The summed E-state index contributed by atoms with van der Waals surface area (Å²) >= 11 is 3.47. The van der Waals surface area contributed by atoms with Gasteiger partial charge in [-0.2, -0.15) is 0 Å². The number of hydrogen-bond donors (Lipinski definition) is 1. The van der Waals surface area contributed by atoms with Gasteiger partial charge in [-0.1, -0.05) is 66.0 Å². The zero-order chi connectivity index (χ0) is 22.8. The summed E-state index contributed by atoms with van der Waals surface area (Å²) in [4.78, 5) is 27.7. The van der Waals surface area contributed by atoms with Gasteiger partial charge in [-0.05, 0) is 56.0 Å². The second-order valence-corrected chi connectivity index (χ2v) is 8.63. The first-order valence-electron chi connectivity index (χ1n) is 10.9. The number of hydrogen-bond acceptors (Lipinski definition) is 3. The van der Waals surface area contributed by atoms with Gasteiger partial charge in [0.25, 0.3) is 5.91 Å². The monoisotopic (exact) mass is 488 g/mol. The maximum atomic E-state index is 13.2. The average molecular weight is 489 g/mol. The van der Waals surface area contributed by atoms with Crippen LogP contribution in [0.5, 0.6) is 5.75 Å². The molecule has 0 saturated heterocycles. The van der Waals surface area contributed by atoms with Crippen molar-refractivity contribution in [2.75, 3.05) is 13.2 Å². The first-order chi connectivity index (χ1) is 14.8. The largest absolute Gasteiger partial charge is 0.484 e. The van der Waals surface area contributed by atoms with Crippen molar-refractivity contribution in [3.63, 3.8) is 0 Å². The zero-order valence-electron chi connectivity index (χ0n) is 18.9. The highest BCUT2D eigenvalue weighted by Crippen LogP contribution is 2.22. The van der Waals surface area contributed by atoms with E-state index in [1.54, 1.807) is 4.90 Å². The Morgan fingerprint density at radius 1 is 1.13 bits per heavy atom. The van der Waals surface area contributed by atoms with Gasteiger partial charge in [-0.3, -0.25) is 9.59 Å². The number of benzene rings is 2. The molecule has 2 aromatic rings. The second-order valence-electron chi connectivity index (χ2n) is 7.78. The third-order valence-electron chi connectivity index (χ3n) is 5.14. The number of ether oxygens (including phenoxy) is 1. The van der Waals surface area contributed by atoms with Gasteiger partial charge in [0, 0.05) is 17.6 Å². The van der Waals surface area contributed by atoms with Crippen LogP contribution in [0.15, 0.2) is 46.9 Å². The highest BCUT2D eigenvalue weighted by Gasteiger charge is 2.28. The Labute approximate surface area is 194 Å². The molecule has 0 aliphatic heterocycles. The van der Waals surface area contributed by atoms with Crippen molar-refractivity contribution < 1.29 is 14.3 Å². The second kappa shape index (κ2) is 12.5. The molecule has 0 heterocycles. The first kappa shape index (κ1) is 24.9. The van der Waals surface area contributed by atoms with Gasteiger partial charge in [-0.15, -0.1) is 0 Å². The molecule has 5 nitrogen and oxygen atoms in total. The van der Waals surface area contributed by atoms with E-state index in [2.05, 4.69) is 28.2 Å². The lowest BCUT2D eigenvalue weighted by molar-refractivity contribution is -0.143. The number of halogens is 1. The number of carbonyl (C=O) groups is 2. The van der Waals surface area contributed by atoms with E-state index in [9.17, 15) is 9.59 Å². The van der Waals surface area contributed by atoms with Crippen LogP contribution in [-0.2, 0) is 16.1 Å². The quantitative estimate of drug-likeness (QED) is 0.443. The maximum absolute atomic E-state index is 13.2. The molecule has 0 fully saturated rings. The summed E-state index contributed by atoms with van der Waals surface area (Å²) < 4.78 is 6.76. The van der Waals surface area contributed by atoms with Crippen LogP contribution < -0.4 is 10.1 Å². The SMILES string of the molecule is CCCCNC(=O)[C@@H](CC)N(Cc1cccc(C)c1)C(=O)COc1ccc(Br)c(C)c1. The van der Waals surface area contributed by atoms with Crippen molar-refractivity contribution in [1.82, 2.24) is 10.2 Å². The third kappa shape index (κ3) is 7.69. The molecule has 0 spiro atoms. The van der Waals surface area contributed by atoms with E-state index in [0.29, 0.717) is 25.3 Å². The lowest BCUT2D eigenvalue weighted by atomic mass is 10.1. The van der Waals surface area contributed by atoms with Crippen LogP contribution in [0.1, 0.15) is 49.8 Å². The van der Waals surface area contributed by atoms with Gasteiger partial charge in [0.05, 0.1) is 0 Å². The Bertz CT molecular complexity index is 885. The molecule has 0 aromatic heterocycles. The summed E-state index contributed by atoms with van der Waals surface area (Å²) in [6.07, 6.45) is 2.45. The molecule has 1 N–H and O–H groups in total. The number of nitrogens with one attached hydrogen (secondary N) is 1. The molecule has 0 radical (unpaired) electrons. The summed E-state index contributed by atoms with van der Waals surface area (Å²) in [5.41, 5.74) is 3.14. The van der Waals surface area contributed by atoms with Crippen molar-refractivity contribution in [1.29, 1.82) is 0 Å². The Balaban J connectivity index is 2.18. The predicted molar refractivity (Wildman–Crippen MR) is 128 cm³/mol. The number of aryl methyl sites for hydroxylation is 2. The van der Waals surface area contributed by atoms with E-state index in [1.165, 1.54) is 0 Å². The minimum atomic E-state index is -0.542. The van der Waals surface area contributed by atoms with Crippen molar-refractivity contribution in [2.24, 2.45) is 0 Å². The summed E-state index contributed by atoms with van der Waals surface area (Å²) in [6, 6.07) is 13.1. The van der Waals surface area contributed by atoms with Gasteiger partial charge >= 0.3 is 0 Å². The number of rotatable bonds is 11. The molecule has 0 saturated carbocycles. The van der Waals surface area contributed by atoms with Crippen LogP contribution in [0.3, 0.4) is 0 Å².